The lowest BCUT2D eigenvalue weighted by atomic mass is 9.76. The van der Waals surface area contributed by atoms with Crippen LogP contribution in [0.1, 0.15) is 18.9 Å². The highest BCUT2D eigenvalue weighted by Crippen LogP contribution is 2.53. The molecule has 3 heterocycles. The number of hydrogen-bond acceptors (Lipinski definition) is 6. The van der Waals surface area contributed by atoms with E-state index in [4.69, 9.17) is 16.3 Å². The number of carbonyl (C=O) groups is 3. The molecule has 28 heavy (non-hydrogen) atoms. The summed E-state index contributed by atoms with van der Waals surface area (Å²) in [5.41, 5.74) is -0.358. The molecule has 3 aliphatic heterocycles. The number of imide groups is 1. The predicted octanol–water partition coefficient (Wildman–Crippen LogP) is 0.478. The lowest BCUT2D eigenvalue weighted by molar-refractivity contribution is -0.143. The van der Waals surface area contributed by atoms with Crippen LogP contribution in [0.25, 0.3) is 0 Å². The van der Waals surface area contributed by atoms with Gasteiger partial charge in [0.15, 0.2) is 0 Å². The van der Waals surface area contributed by atoms with Gasteiger partial charge >= 0.3 is 0 Å². The van der Waals surface area contributed by atoms with E-state index < -0.39 is 41.3 Å². The summed E-state index contributed by atoms with van der Waals surface area (Å²) >= 11 is 6.16. The van der Waals surface area contributed by atoms with Crippen LogP contribution in [0.2, 0.25) is 5.02 Å². The van der Waals surface area contributed by atoms with E-state index in [-0.39, 0.29) is 12.5 Å². The molecule has 0 aliphatic carbocycles. The zero-order valence-corrected chi connectivity index (χ0v) is 16.3. The zero-order valence-electron chi connectivity index (χ0n) is 15.6. The number of likely N-dealkylation sites (tertiary alicyclic amines) is 1. The molecule has 1 spiro atoms. The van der Waals surface area contributed by atoms with Gasteiger partial charge in [0.2, 0.25) is 17.7 Å². The number of hydrogen-bond donors (Lipinski definition) is 3. The number of fused-ring (bicyclic) bond motifs is 4. The molecule has 3 amide bonds. The van der Waals surface area contributed by atoms with Crippen molar-refractivity contribution in [1.29, 1.82) is 0 Å². The SMILES string of the molecule is COCCCN1C(=O)[C@@H]2[C@H]([C@H](C)O)N[C@@]3(C(=O)Nc4ccc(Cl)cc43)[C@@H]2C1=O. The van der Waals surface area contributed by atoms with E-state index in [0.29, 0.717) is 29.3 Å². The molecule has 0 unspecified atom stereocenters. The van der Waals surface area contributed by atoms with Crippen LogP contribution in [0.5, 0.6) is 0 Å². The second kappa shape index (κ2) is 6.81. The van der Waals surface area contributed by atoms with Gasteiger partial charge in [-0.1, -0.05) is 11.6 Å². The number of aliphatic hydroxyl groups excluding tert-OH is 1. The van der Waals surface area contributed by atoms with Crippen LogP contribution in [-0.2, 0) is 24.7 Å². The highest BCUT2D eigenvalue weighted by Gasteiger charge is 2.71. The van der Waals surface area contributed by atoms with Crippen molar-refractivity contribution in [1.82, 2.24) is 10.2 Å². The molecular weight excluding hydrogens is 386 g/mol. The van der Waals surface area contributed by atoms with Crippen molar-refractivity contribution in [2.75, 3.05) is 25.6 Å². The maximum Gasteiger partial charge on any atom is 0.250 e. The Kier molecular flexibility index (Phi) is 4.70. The van der Waals surface area contributed by atoms with Crippen molar-refractivity contribution >= 4 is 35.0 Å². The quantitative estimate of drug-likeness (QED) is 0.484. The fourth-order valence-corrected chi connectivity index (χ4v) is 4.94. The van der Waals surface area contributed by atoms with Gasteiger partial charge in [0.25, 0.3) is 0 Å². The summed E-state index contributed by atoms with van der Waals surface area (Å²) < 4.78 is 5.02. The maximum absolute atomic E-state index is 13.3. The van der Waals surface area contributed by atoms with E-state index >= 15 is 0 Å². The van der Waals surface area contributed by atoms with E-state index in [2.05, 4.69) is 10.6 Å². The number of nitrogens with one attached hydrogen (secondary N) is 2. The molecule has 9 heteroatoms. The molecule has 0 aromatic heterocycles. The number of nitrogens with zero attached hydrogens (tertiary/aromatic N) is 1. The summed E-state index contributed by atoms with van der Waals surface area (Å²) in [6, 6.07) is 4.23. The minimum atomic E-state index is -1.44. The number of anilines is 1. The summed E-state index contributed by atoms with van der Waals surface area (Å²) in [6.45, 7) is 2.17. The summed E-state index contributed by atoms with van der Waals surface area (Å²) in [6.07, 6.45) is -0.430. The average Bonchev–Trinajstić information content (AvgIpc) is 3.23. The van der Waals surface area contributed by atoms with Crippen LogP contribution in [0.4, 0.5) is 5.69 Å². The number of methoxy groups -OCH3 is 1. The molecule has 0 saturated carbocycles. The largest absolute Gasteiger partial charge is 0.392 e. The van der Waals surface area contributed by atoms with Gasteiger partial charge in [-0.2, -0.15) is 0 Å². The van der Waals surface area contributed by atoms with Gasteiger partial charge in [-0.3, -0.25) is 24.6 Å². The van der Waals surface area contributed by atoms with E-state index in [1.54, 1.807) is 32.2 Å². The van der Waals surface area contributed by atoms with Gasteiger partial charge in [0.05, 0.1) is 17.9 Å². The molecule has 1 aromatic rings. The van der Waals surface area contributed by atoms with Crippen LogP contribution in [-0.4, -0.2) is 60.1 Å². The first-order valence-electron chi connectivity index (χ1n) is 9.24. The van der Waals surface area contributed by atoms with E-state index in [1.807, 2.05) is 0 Å². The number of rotatable bonds is 5. The lowest BCUT2D eigenvalue weighted by Gasteiger charge is -2.30. The highest BCUT2D eigenvalue weighted by atomic mass is 35.5. The van der Waals surface area contributed by atoms with Gasteiger partial charge < -0.3 is 15.2 Å². The molecule has 2 saturated heterocycles. The van der Waals surface area contributed by atoms with Gasteiger partial charge in [-0.25, -0.2) is 0 Å². The fourth-order valence-electron chi connectivity index (χ4n) is 4.77. The van der Waals surface area contributed by atoms with E-state index in [1.165, 1.54) is 4.90 Å². The minimum absolute atomic E-state index is 0.213. The van der Waals surface area contributed by atoms with Gasteiger partial charge in [0, 0.05) is 42.6 Å². The van der Waals surface area contributed by atoms with Gasteiger partial charge in [-0.05, 0) is 31.5 Å². The van der Waals surface area contributed by atoms with Crippen molar-refractivity contribution in [2.24, 2.45) is 11.8 Å². The molecule has 1 aromatic carbocycles. The van der Waals surface area contributed by atoms with Gasteiger partial charge in [-0.15, -0.1) is 0 Å². The summed E-state index contributed by atoms with van der Waals surface area (Å²) in [5, 5.41) is 16.7. The van der Waals surface area contributed by atoms with Crippen molar-refractivity contribution < 1.29 is 24.2 Å². The fraction of sp³-hybridized carbons (Fsp3) is 0.526. The van der Waals surface area contributed by atoms with Gasteiger partial charge in [0.1, 0.15) is 5.54 Å². The summed E-state index contributed by atoms with van der Waals surface area (Å²) in [5.74, 6) is -2.97. The Labute approximate surface area is 167 Å². The maximum atomic E-state index is 13.3. The zero-order chi connectivity index (χ0) is 20.2. The number of amides is 3. The number of carbonyl (C=O) groups excluding carboxylic acids is 3. The number of aliphatic hydroxyl groups is 1. The first-order chi connectivity index (χ1) is 13.3. The van der Waals surface area contributed by atoms with Crippen LogP contribution >= 0.6 is 11.6 Å². The molecule has 8 nitrogen and oxygen atoms in total. The van der Waals surface area contributed by atoms with E-state index in [9.17, 15) is 19.5 Å². The molecular formula is C19H22ClN3O5. The monoisotopic (exact) mass is 407 g/mol. The van der Waals surface area contributed by atoms with Crippen molar-refractivity contribution in [3.05, 3.63) is 28.8 Å². The third kappa shape index (κ3) is 2.52. The molecule has 5 atom stereocenters. The first-order valence-corrected chi connectivity index (χ1v) is 9.62. The minimum Gasteiger partial charge on any atom is -0.392 e. The predicted molar refractivity (Wildman–Crippen MR) is 101 cm³/mol. The highest BCUT2D eigenvalue weighted by molar-refractivity contribution is 6.31. The van der Waals surface area contributed by atoms with Crippen molar-refractivity contribution in [2.45, 2.75) is 31.0 Å². The van der Waals surface area contributed by atoms with Crippen molar-refractivity contribution in [3.8, 4) is 0 Å². The standard InChI is InChI=1S/C19H22ClN3O5/c1-9(24)15-13-14(17(26)23(16(13)25)6-3-7-28-2)19(22-15)11-8-10(20)4-5-12(11)21-18(19)27/h4-5,8-9,13-15,22,24H,3,6-7H2,1-2H3,(H,21,27)/t9-,13-,14-,15-,19+/m0/s1. The van der Waals surface area contributed by atoms with Crippen LogP contribution in [0.15, 0.2) is 18.2 Å². The smallest absolute Gasteiger partial charge is 0.250 e. The van der Waals surface area contributed by atoms with Crippen molar-refractivity contribution in [3.63, 3.8) is 0 Å². The Bertz CT molecular complexity index is 860. The third-order valence-electron chi connectivity index (χ3n) is 5.95. The Morgan fingerprint density at radius 1 is 1.32 bits per heavy atom. The van der Waals surface area contributed by atoms with Crippen LogP contribution < -0.4 is 10.6 Å². The van der Waals surface area contributed by atoms with E-state index in [0.717, 1.165) is 0 Å². The molecule has 150 valence electrons. The second-order valence-electron chi connectivity index (χ2n) is 7.54. The Balaban J connectivity index is 1.81. The summed E-state index contributed by atoms with van der Waals surface area (Å²) in [4.78, 5) is 40.7. The lowest BCUT2D eigenvalue weighted by Crippen LogP contribution is -2.54. The Morgan fingerprint density at radius 3 is 2.75 bits per heavy atom. The second-order valence-corrected chi connectivity index (χ2v) is 7.98. The molecule has 0 bridgehead atoms. The first kappa shape index (κ1) is 19.3. The molecule has 0 radical (unpaired) electrons. The molecule has 4 rings (SSSR count). The summed E-state index contributed by atoms with van der Waals surface area (Å²) in [7, 11) is 1.55. The van der Waals surface area contributed by atoms with Crippen LogP contribution in [0.3, 0.4) is 0 Å². The number of benzene rings is 1. The molecule has 2 fully saturated rings. The number of halogens is 1. The average molecular weight is 408 g/mol. The van der Waals surface area contributed by atoms with Crippen LogP contribution in [0, 0.1) is 11.8 Å². The topological polar surface area (TPSA) is 108 Å². The Hall–Kier alpha value is -2.00. The third-order valence-corrected chi connectivity index (χ3v) is 6.19. The normalized spacial score (nSPS) is 32.1. The molecule has 3 N–H and O–H groups in total. The number of ether oxygens (including phenoxy) is 1. The Morgan fingerprint density at radius 2 is 2.07 bits per heavy atom. The molecule has 3 aliphatic rings.